The summed E-state index contributed by atoms with van der Waals surface area (Å²) in [5, 5.41) is 7.06. The summed E-state index contributed by atoms with van der Waals surface area (Å²) in [5.41, 5.74) is 0.831. The topological polar surface area (TPSA) is 105 Å². The zero-order valence-corrected chi connectivity index (χ0v) is 19.0. The first-order valence-corrected chi connectivity index (χ1v) is 13.6. The van der Waals surface area contributed by atoms with Crippen molar-refractivity contribution in [3.8, 4) is 0 Å². The number of hydrogen-bond donors (Lipinski definition) is 1. The molecule has 1 aromatic heterocycles. The summed E-state index contributed by atoms with van der Waals surface area (Å²) in [6, 6.07) is 9.77. The molecule has 1 saturated heterocycles. The molecule has 168 valence electrons. The van der Waals surface area contributed by atoms with Gasteiger partial charge in [-0.2, -0.15) is 0 Å². The minimum absolute atomic E-state index is 0.0596. The van der Waals surface area contributed by atoms with Crippen LogP contribution in [0.15, 0.2) is 40.3 Å². The molecule has 1 aliphatic carbocycles. The average molecular weight is 465 g/mol. The lowest BCUT2D eigenvalue weighted by molar-refractivity contribution is -0.132. The molecule has 0 spiro atoms. The molecular weight excluding hydrogens is 436 g/mol. The molecule has 1 atom stereocenters. The molecule has 0 radical (unpaired) electrons. The minimum atomic E-state index is -3.07. The third-order valence-corrected chi connectivity index (χ3v) is 8.83. The van der Waals surface area contributed by atoms with E-state index >= 15 is 0 Å². The van der Waals surface area contributed by atoms with Gasteiger partial charge in [0.05, 0.1) is 17.3 Å². The maximum atomic E-state index is 13.2. The molecule has 2 heterocycles. The number of hydrogen-bond acceptors (Lipinski definition) is 6. The Labute approximate surface area is 186 Å². The lowest BCUT2D eigenvalue weighted by Crippen LogP contribution is -2.47. The highest BCUT2D eigenvalue weighted by molar-refractivity contribution is 7.99. The lowest BCUT2D eigenvalue weighted by atomic mass is 10.1. The van der Waals surface area contributed by atoms with Gasteiger partial charge in [0.15, 0.2) is 15.0 Å². The van der Waals surface area contributed by atoms with Crippen LogP contribution in [-0.4, -0.2) is 63.3 Å². The van der Waals surface area contributed by atoms with Crippen LogP contribution >= 0.6 is 11.8 Å². The first kappa shape index (κ1) is 22.1. The molecule has 2 fully saturated rings. The first-order chi connectivity index (χ1) is 14.9. The number of amides is 1. The lowest BCUT2D eigenvalue weighted by Gasteiger charge is -2.34. The third-order valence-electron chi connectivity index (χ3n) is 6.12. The molecular formula is C21H28N4O4S2. The van der Waals surface area contributed by atoms with Gasteiger partial charge in [0, 0.05) is 18.6 Å². The second-order valence-corrected chi connectivity index (χ2v) is 11.5. The molecule has 2 aliphatic rings. The molecule has 0 bridgehead atoms. The summed E-state index contributed by atoms with van der Waals surface area (Å²) in [4.78, 5) is 27.2. The average Bonchev–Trinajstić information content (AvgIpc) is 3.47. The van der Waals surface area contributed by atoms with E-state index in [1.165, 1.54) is 11.8 Å². The quantitative estimate of drug-likeness (QED) is 0.598. The maximum absolute atomic E-state index is 13.2. The van der Waals surface area contributed by atoms with Crippen molar-refractivity contribution in [2.45, 2.75) is 62.3 Å². The van der Waals surface area contributed by atoms with Crippen LogP contribution < -0.4 is 5.69 Å². The molecule has 1 unspecified atom stereocenters. The summed E-state index contributed by atoms with van der Waals surface area (Å²) < 4.78 is 25.6. The molecule has 10 heteroatoms. The van der Waals surface area contributed by atoms with E-state index in [2.05, 4.69) is 10.2 Å². The molecule has 2 aromatic rings. The Bertz CT molecular complexity index is 1060. The van der Waals surface area contributed by atoms with E-state index in [4.69, 9.17) is 0 Å². The molecule has 8 nitrogen and oxygen atoms in total. The first-order valence-electron chi connectivity index (χ1n) is 10.8. The van der Waals surface area contributed by atoms with E-state index in [0.29, 0.717) is 24.5 Å². The van der Waals surface area contributed by atoms with Gasteiger partial charge in [-0.3, -0.25) is 9.36 Å². The number of H-pyrrole nitrogens is 1. The van der Waals surface area contributed by atoms with Crippen LogP contribution in [-0.2, 0) is 27.6 Å². The Morgan fingerprint density at radius 3 is 2.58 bits per heavy atom. The monoisotopic (exact) mass is 464 g/mol. The number of carbonyl (C=O) groups is 1. The van der Waals surface area contributed by atoms with Gasteiger partial charge in [-0.15, -0.1) is 5.10 Å². The Morgan fingerprint density at radius 2 is 1.90 bits per heavy atom. The van der Waals surface area contributed by atoms with Gasteiger partial charge in [-0.25, -0.2) is 18.3 Å². The largest absolute Gasteiger partial charge is 0.343 e. The zero-order valence-electron chi connectivity index (χ0n) is 17.4. The van der Waals surface area contributed by atoms with Gasteiger partial charge in [0.25, 0.3) is 0 Å². The number of aromatic amines is 1. The Hall–Kier alpha value is -2.07. The summed E-state index contributed by atoms with van der Waals surface area (Å²) in [6.45, 7) is 0.475. The number of nitrogens with one attached hydrogen (secondary N) is 1. The normalized spacial score (nSPS) is 20.8. The number of aryl methyl sites for hydroxylation is 1. The van der Waals surface area contributed by atoms with Gasteiger partial charge in [-0.05, 0) is 31.2 Å². The zero-order chi connectivity index (χ0) is 21.8. The summed E-state index contributed by atoms with van der Waals surface area (Å²) >= 11 is 1.24. The number of nitrogens with zero attached hydrogens (tertiary/aromatic N) is 3. The van der Waals surface area contributed by atoms with Crippen LogP contribution in [0.1, 0.15) is 37.7 Å². The van der Waals surface area contributed by atoms with Gasteiger partial charge in [0.2, 0.25) is 5.91 Å². The Balaban J connectivity index is 1.42. The number of rotatable bonds is 8. The van der Waals surface area contributed by atoms with Crippen molar-refractivity contribution in [1.82, 2.24) is 19.7 Å². The van der Waals surface area contributed by atoms with Crippen molar-refractivity contribution in [1.29, 1.82) is 0 Å². The van der Waals surface area contributed by atoms with Crippen molar-refractivity contribution < 1.29 is 13.2 Å². The molecule has 31 heavy (non-hydrogen) atoms. The standard InChI is InChI=1S/C21H28N4O4S2/c26-19(25(17-8-4-5-9-17)18-11-13-31(28,29)15-18)14-30-21-23-22-20(27)24(21)12-10-16-6-2-1-3-7-16/h1-3,6-7,17-18H,4-5,8-15H2,(H,22,27). The van der Waals surface area contributed by atoms with Gasteiger partial charge in [0.1, 0.15) is 0 Å². The van der Waals surface area contributed by atoms with Crippen LogP contribution in [0.3, 0.4) is 0 Å². The van der Waals surface area contributed by atoms with E-state index in [0.717, 1.165) is 31.2 Å². The fourth-order valence-electron chi connectivity index (χ4n) is 4.58. The molecule has 1 aromatic carbocycles. The van der Waals surface area contributed by atoms with Gasteiger partial charge < -0.3 is 4.90 Å². The minimum Gasteiger partial charge on any atom is -0.335 e. The SMILES string of the molecule is O=C(CSc1n[nH]c(=O)n1CCc1ccccc1)N(C1CCCC1)C1CCS(=O)(=O)C1. The summed E-state index contributed by atoms with van der Waals surface area (Å²) in [7, 11) is -3.07. The van der Waals surface area contributed by atoms with Crippen molar-refractivity contribution in [3.05, 3.63) is 46.4 Å². The van der Waals surface area contributed by atoms with Crippen LogP contribution in [0, 0.1) is 0 Å². The Kier molecular flexibility index (Phi) is 6.86. The Morgan fingerprint density at radius 1 is 1.16 bits per heavy atom. The number of sulfone groups is 1. The van der Waals surface area contributed by atoms with Crippen LogP contribution in [0.25, 0.3) is 0 Å². The van der Waals surface area contributed by atoms with Crippen molar-refractivity contribution in [3.63, 3.8) is 0 Å². The highest BCUT2D eigenvalue weighted by Gasteiger charge is 2.39. The van der Waals surface area contributed by atoms with Crippen molar-refractivity contribution in [2.24, 2.45) is 0 Å². The van der Waals surface area contributed by atoms with E-state index in [9.17, 15) is 18.0 Å². The van der Waals surface area contributed by atoms with E-state index < -0.39 is 9.84 Å². The van der Waals surface area contributed by atoms with Crippen molar-refractivity contribution >= 4 is 27.5 Å². The van der Waals surface area contributed by atoms with Crippen LogP contribution in [0.2, 0.25) is 0 Å². The van der Waals surface area contributed by atoms with Crippen molar-refractivity contribution in [2.75, 3.05) is 17.3 Å². The molecule has 1 amide bonds. The second kappa shape index (κ2) is 9.60. The highest BCUT2D eigenvalue weighted by atomic mass is 32.2. The molecule has 1 N–H and O–H groups in total. The van der Waals surface area contributed by atoms with E-state index in [-0.39, 0.29) is 40.9 Å². The maximum Gasteiger partial charge on any atom is 0.343 e. The van der Waals surface area contributed by atoms with Gasteiger partial charge >= 0.3 is 5.69 Å². The number of benzene rings is 1. The number of carbonyl (C=O) groups excluding carboxylic acids is 1. The second-order valence-electron chi connectivity index (χ2n) is 8.28. The number of thioether (sulfide) groups is 1. The predicted molar refractivity (Wildman–Crippen MR) is 120 cm³/mol. The molecule has 1 saturated carbocycles. The van der Waals surface area contributed by atoms with Crippen LogP contribution in [0.4, 0.5) is 0 Å². The third kappa shape index (κ3) is 5.41. The van der Waals surface area contributed by atoms with Crippen LogP contribution in [0.5, 0.6) is 0 Å². The fourth-order valence-corrected chi connectivity index (χ4v) is 7.13. The summed E-state index contributed by atoms with van der Waals surface area (Å²) in [5.74, 6) is 0.288. The predicted octanol–water partition coefficient (Wildman–Crippen LogP) is 1.86. The molecule has 4 rings (SSSR count). The fraction of sp³-hybridized carbons (Fsp3) is 0.571. The summed E-state index contributed by atoms with van der Waals surface area (Å²) in [6.07, 6.45) is 5.20. The van der Waals surface area contributed by atoms with Gasteiger partial charge in [-0.1, -0.05) is 54.9 Å². The number of aromatic nitrogens is 3. The highest BCUT2D eigenvalue weighted by Crippen LogP contribution is 2.30. The van der Waals surface area contributed by atoms with E-state index in [1.807, 2.05) is 35.2 Å². The molecule has 1 aliphatic heterocycles. The smallest absolute Gasteiger partial charge is 0.335 e. The van der Waals surface area contributed by atoms with E-state index in [1.54, 1.807) is 4.57 Å².